The van der Waals surface area contributed by atoms with Gasteiger partial charge in [-0.05, 0) is 24.6 Å². The number of nitrogens with one attached hydrogen (secondary N) is 1. The van der Waals surface area contributed by atoms with Gasteiger partial charge in [-0.2, -0.15) is 0 Å². The van der Waals surface area contributed by atoms with Gasteiger partial charge in [-0.1, -0.05) is 25.1 Å². The molecular formula is C16H20N4O3S. The molecule has 0 spiro atoms. The van der Waals surface area contributed by atoms with Crippen molar-refractivity contribution < 1.29 is 9.53 Å². The lowest BCUT2D eigenvalue weighted by Gasteiger charge is -2.05. The van der Waals surface area contributed by atoms with Gasteiger partial charge in [-0.15, -0.1) is 0 Å². The van der Waals surface area contributed by atoms with Crippen LogP contribution in [-0.4, -0.2) is 34.8 Å². The van der Waals surface area contributed by atoms with Crippen LogP contribution < -0.4 is 11.3 Å². The van der Waals surface area contributed by atoms with Gasteiger partial charge in [-0.3, -0.25) is 9.79 Å². The number of unbranched alkanes of at least 4 members (excludes halogenated alkanes) is 1. The Morgan fingerprint density at radius 2 is 2.25 bits per heavy atom. The molecule has 0 aliphatic carbocycles. The Kier molecular flexibility index (Phi) is 6.36. The largest absolute Gasteiger partial charge is 0.465 e. The highest BCUT2D eigenvalue weighted by atomic mass is 32.2. The molecule has 0 amide bonds. The zero-order chi connectivity index (χ0) is 17.5. The second kappa shape index (κ2) is 8.49. The fourth-order valence-electron chi connectivity index (χ4n) is 2.04. The van der Waals surface area contributed by atoms with Gasteiger partial charge in [0.1, 0.15) is 5.82 Å². The second-order valence-electron chi connectivity index (χ2n) is 5.10. The van der Waals surface area contributed by atoms with E-state index >= 15 is 0 Å². The molecule has 0 fully saturated rings. The Balaban J connectivity index is 2.20. The minimum atomic E-state index is -0.470. The molecule has 0 radical (unpaired) electrons. The molecular weight excluding hydrogens is 328 g/mol. The summed E-state index contributed by atoms with van der Waals surface area (Å²) >= 11 is 1.32. The van der Waals surface area contributed by atoms with Crippen LogP contribution in [0.1, 0.15) is 35.9 Å². The van der Waals surface area contributed by atoms with Crippen molar-refractivity contribution in [1.29, 1.82) is 0 Å². The Bertz CT molecular complexity index is 817. The lowest BCUT2D eigenvalue weighted by atomic mass is 10.1. The predicted octanol–water partition coefficient (Wildman–Crippen LogP) is 2.06. The molecule has 0 saturated carbocycles. The summed E-state index contributed by atoms with van der Waals surface area (Å²) in [5.74, 6) is 0.408. The molecule has 8 heteroatoms. The monoisotopic (exact) mass is 348 g/mol. The first-order valence-electron chi connectivity index (χ1n) is 7.59. The van der Waals surface area contributed by atoms with Crippen LogP contribution in [0.25, 0.3) is 10.9 Å². The quantitative estimate of drug-likeness (QED) is 0.358. The van der Waals surface area contributed by atoms with Gasteiger partial charge in [0.15, 0.2) is 5.17 Å². The average Bonchev–Trinajstić information content (AvgIpc) is 2.59. The minimum Gasteiger partial charge on any atom is -0.465 e. The van der Waals surface area contributed by atoms with Crippen LogP contribution in [0.2, 0.25) is 0 Å². The van der Waals surface area contributed by atoms with Crippen molar-refractivity contribution in [1.82, 2.24) is 9.97 Å². The van der Waals surface area contributed by atoms with Gasteiger partial charge < -0.3 is 15.5 Å². The van der Waals surface area contributed by atoms with E-state index in [4.69, 9.17) is 5.73 Å². The van der Waals surface area contributed by atoms with Gasteiger partial charge in [0.05, 0.1) is 29.3 Å². The first-order chi connectivity index (χ1) is 11.5. The van der Waals surface area contributed by atoms with Crippen LogP contribution in [0, 0.1) is 0 Å². The highest BCUT2D eigenvalue weighted by Crippen LogP contribution is 2.14. The molecule has 2 aromatic rings. The van der Waals surface area contributed by atoms with Crippen molar-refractivity contribution in [3.05, 3.63) is 39.9 Å². The molecule has 0 aliphatic heterocycles. The third kappa shape index (κ3) is 4.58. The molecule has 0 atom stereocenters. The number of ether oxygens (including phenoxy) is 1. The number of benzene rings is 1. The predicted molar refractivity (Wildman–Crippen MR) is 96.4 cm³/mol. The average molecular weight is 348 g/mol. The first-order valence-corrected chi connectivity index (χ1v) is 8.57. The van der Waals surface area contributed by atoms with Crippen molar-refractivity contribution in [3.8, 4) is 0 Å². The molecule has 3 N–H and O–H groups in total. The summed E-state index contributed by atoms with van der Waals surface area (Å²) in [6.45, 7) is 2.78. The molecule has 0 unspecified atom stereocenters. The number of nitrogens with zero attached hydrogens (tertiary/aromatic N) is 2. The first kappa shape index (κ1) is 18.0. The van der Waals surface area contributed by atoms with E-state index in [0.717, 1.165) is 12.8 Å². The number of aliphatic imine (C=N–C) groups is 1. The van der Waals surface area contributed by atoms with E-state index in [2.05, 4.69) is 26.6 Å². The molecule has 7 nitrogen and oxygen atoms in total. The van der Waals surface area contributed by atoms with Crippen LogP contribution in [0.5, 0.6) is 0 Å². The molecule has 0 aliphatic rings. The van der Waals surface area contributed by atoms with Crippen LogP contribution in [0.4, 0.5) is 0 Å². The van der Waals surface area contributed by atoms with Gasteiger partial charge in [0.2, 0.25) is 0 Å². The van der Waals surface area contributed by atoms with E-state index in [1.165, 1.54) is 24.9 Å². The number of carbonyl (C=O) groups is 1. The van der Waals surface area contributed by atoms with E-state index < -0.39 is 5.97 Å². The third-order valence-electron chi connectivity index (χ3n) is 3.31. The van der Waals surface area contributed by atoms with E-state index in [1.54, 1.807) is 12.1 Å². The van der Waals surface area contributed by atoms with Crippen LogP contribution >= 0.6 is 11.8 Å². The van der Waals surface area contributed by atoms with Crippen molar-refractivity contribution in [2.75, 3.05) is 13.7 Å². The number of hydrogen-bond donors (Lipinski definition) is 2. The van der Waals surface area contributed by atoms with Gasteiger partial charge in [-0.25, -0.2) is 9.78 Å². The zero-order valence-electron chi connectivity index (χ0n) is 13.7. The van der Waals surface area contributed by atoms with Gasteiger partial charge in [0, 0.05) is 6.54 Å². The Morgan fingerprint density at radius 1 is 1.46 bits per heavy atom. The van der Waals surface area contributed by atoms with Gasteiger partial charge in [0.25, 0.3) is 5.56 Å². The number of fused-ring (bicyclic) bond motifs is 1. The number of hydrogen-bond acceptors (Lipinski definition) is 6. The molecule has 0 saturated heterocycles. The number of thioether (sulfide) groups is 1. The van der Waals surface area contributed by atoms with E-state index in [9.17, 15) is 9.59 Å². The smallest absolute Gasteiger partial charge is 0.337 e. The fourth-order valence-corrected chi connectivity index (χ4v) is 2.64. The number of methoxy groups -OCH3 is 1. The maximum absolute atomic E-state index is 12.1. The highest BCUT2D eigenvalue weighted by Gasteiger charge is 2.10. The number of esters is 1. The van der Waals surface area contributed by atoms with E-state index in [1.807, 2.05) is 0 Å². The number of rotatable bonds is 6. The highest BCUT2D eigenvalue weighted by molar-refractivity contribution is 8.13. The zero-order valence-corrected chi connectivity index (χ0v) is 14.5. The number of amidine groups is 1. The van der Waals surface area contributed by atoms with E-state index in [-0.39, 0.29) is 5.56 Å². The fraction of sp³-hybridized carbons (Fsp3) is 0.375. The number of aromatic nitrogens is 2. The maximum atomic E-state index is 12.1. The number of nitrogens with two attached hydrogens (primary N) is 1. The maximum Gasteiger partial charge on any atom is 0.337 e. The molecule has 1 aromatic heterocycles. The standard InChI is InChI=1S/C16H20N4O3S/c1-3-4-7-18-16(17)24-9-13-19-12-8-10(15(22)23-2)5-6-11(12)14(21)20-13/h5-6,8H,3-4,7,9H2,1-2H3,(H2,17,18)(H,19,20,21). The number of H-pyrrole nitrogens is 1. The summed E-state index contributed by atoms with van der Waals surface area (Å²) in [7, 11) is 1.31. The topological polar surface area (TPSA) is 110 Å². The number of carbonyl (C=O) groups excluding carboxylic acids is 1. The molecule has 1 heterocycles. The number of aromatic amines is 1. The summed E-state index contributed by atoms with van der Waals surface area (Å²) in [4.78, 5) is 35.1. The SMILES string of the molecule is CCCCN=C(N)SCc1nc2cc(C(=O)OC)ccc2c(=O)[nH]1. The summed E-state index contributed by atoms with van der Waals surface area (Å²) < 4.78 is 4.68. The summed E-state index contributed by atoms with van der Waals surface area (Å²) in [6, 6.07) is 4.64. The normalized spacial score (nSPS) is 11.7. The van der Waals surface area contributed by atoms with Crippen molar-refractivity contribution in [2.24, 2.45) is 10.7 Å². The molecule has 0 bridgehead atoms. The lowest BCUT2D eigenvalue weighted by Crippen LogP contribution is -2.14. The second-order valence-corrected chi connectivity index (χ2v) is 6.09. The molecule has 128 valence electrons. The van der Waals surface area contributed by atoms with Crippen molar-refractivity contribution >= 4 is 33.8 Å². The van der Waals surface area contributed by atoms with Crippen LogP contribution in [0.3, 0.4) is 0 Å². The molecule has 24 heavy (non-hydrogen) atoms. The summed E-state index contributed by atoms with van der Waals surface area (Å²) in [6.07, 6.45) is 2.05. The Hall–Kier alpha value is -2.35. The van der Waals surface area contributed by atoms with Crippen molar-refractivity contribution in [3.63, 3.8) is 0 Å². The van der Waals surface area contributed by atoms with Gasteiger partial charge >= 0.3 is 5.97 Å². The molecule has 1 aromatic carbocycles. The van der Waals surface area contributed by atoms with E-state index in [0.29, 0.717) is 39.8 Å². The minimum absolute atomic E-state index is 0.256. The van der Waals surface area contributed by atoms with Crippen molar-refractivity contribution in [2.45, 2.75) is 25.5 Å². The summed E-state index contributed by atoms with van der Waals surface area (Å²) in [5, 5.41) is 0.885. The van der Waals surface area contributed by atoms with Crippen LogP contribution in [0.15, 0.2) is 28.0 Å². The third-order valence-corrected chi connectivity index (χ3v) is 4.16. The summed E-state index contributed by atoms with van der Waals surface area (Å²) in [5.41, 5.74) is 6.36. The lowest BCUT2D eigenvalue weighted by molar-refractivity contribution is 0.0601. The Labute approximate surface area is 143 Å². The molecule has 2 rings (SSSR count). The Morgan fingerprint density at radius 3 is 2.96 bits per heavy atom. The van der Waals surface area contributed by atoms with Crippen LogP contribution in [-0.2, 0) is 10.5 Å².